The molecule has 2 aromatic carbocycles. The summed E-state index contributed by atoms with van der Waals surface area (Å²) in [6, 6.07) is 13.5. The number of halogens is 1. The topological polar surface area (TPSA) is 101 Å². The Morgan fingerprint density at radius 2 is 1.81 bits per heavy atom. The summed E-state index contributed by atoms with van der Waals surface area (Å²) in [5.74, 6) is -0.337. The zero-order valence-electron chi connectivity index (χ0n) is 14.7. The Hall–Kier alpha value is -1.93. The second kappa shape index (κ2) is 9.68. The molecule has 0 radical (unpaired) electrons. The van der Waals surface area contributed by atoms with E-state index in [0.717, 1.165) is 5.56 Å². The lowest BCUT2D eigenvalue weighted by Gasteiger charge is -2.14. The van der Waals surface area contributed by atoms with E-state index in [1.54, 1.807) is 19.9 Å². The lowest BCUT2D eigenvalue weighted by molar-refractivity contribution is 0.0940. The summed E-state index contributed by atoms with van der Waals surface area (Å²) in [5.41, 5.74) is 7.38. The van der Waals surface area contributed by atoms with Crippen molar-refractivity contribution >= 4 is 28.3 Å². The lowest BCUT2D eigenvalue weighted by atomic mass is 10.1. The van der Waals surface area contributed by atoms with Crippen LogP contribution in [0.5, 0.6) is 0 Å². The maximum atomic E-state index is 12.5. The van der Waals surface area contributed by atoms with Gasteiger partial charge in [-0.3, -0.25) is 4.79 Å². The minimum atomic E-state index is -3.72. The fraction of sp³-hybridized carbons (Fsp3) is 0.278. The van der Waals surface area contributed by atoms with Crippen molar-refractivity contribution in [3.63, 3.8) is 0 Å². The van der Waals surface area contributed by atoms with Gasteiger partial charge in [-0.2, -0.15) is 0 Å². The van der Waals surface area contributed by atoms with Gasteiger partial charge < -0.3 is 11.1 Å². The Balaban J connectivity index is 0.00000338. The van der Waals surface area contributed by atoms with E-state index in [-0.39, 0.29) is 35.8 Å². The summed E-state index contributed by atoms with van der Waals surface area (Å²) in [6.45, 7) is 4.04. The van der Waals surface area contributed by atoms with Gasteiger partial charge in [0.05, 0.1) is 4.90 Å². The zero-order valence-corrected chi connectivity index (χ0v) is 16.4. The van der Waals surface area contributed by atoms with Crippen molar-refractivity contribution < 1.29 is 13.2 Å². The van der Waals surface area contributed by atoms with Crippen LogP contribution in [-0.4, -0.2) is 26.9 Å². The number of nitrogens with two attached hydrogens (primary N) is 1. The van der Waals surface area contributed by atoms with E-state index in [1.165, 1.54) is 12.1 Å². The first-order valence-corrected chi connectivity index (χ1v) is 9.47. The summed E-state index contributed by atoms with van der Waals surface area (Å²) in [7, 11) is -3.72. The number of carbonyl (C=O) groups excluding carboxylic acids is 1. The minimum absolute atomic E-state index is 0. The molecule has 0 aromatic heterocycles. The van der Waals surface area contributed by atoms with Gasteiger partial charge in [-0.25, -0.2) is 13.1 Å². The third kappa shape index (κ3) is 5.81. The van der Waals surface area contributed by atoms with Crippen molar-refractivity contribution in [2.24, 2.45) is 5.73 Å². The number of aryl methyl sites for hydroxylation is 1. The molecule has 0 fully saturated rings. The molecule has 0 bridgehead atoms. The van der Waals surface area contributed by atoms with Crippen LogP contribution in [0.15, 0.2) is 53.4 Å². The van der Waals surface area contributed by atoms with Gasteiger partial charge in [0, 0.05) is 24.7 Å². The number of hydrogen-bond acceptors (Lipinski definition) is 4. The average Bonchev–Trinajstić information content (AvgIpc) is 2.61. The van der Waals surface area contributed by atoms with Gasteiger partial charge in [0.15, 0.2) is 0 Å². The van der Waals surface area contributed by atoms with Crippen LogP contribution in [0.25, 0.3) is 0 Å². The summed E-state index contributed by atoms with van der Waals surface area (Å²) >= 11 is 0. The van der Waals surface area contributed by atoms with Gasteiger partial charge in [0.2, 0.25) is 10.0 Å². The third-order valence-corrected chi connectivity index (χ3v) is 5.20. The van der Waals surface area contributed by atoms with Crippen LogP contribution < -0.4 is 15.8 Å². The quantitative estimate of drug-likeness (QED) is 0.664. The molecule has 2 aromatic rings. The van der Waals surface area contributed by atoms with Crippen molar-refractivity contribution in [2.75, 3.05) is 6.54 Å². The summed E-state index contributed by atoms with van der Waals surface area (Å²) < 4.78 is 27.6. The van der Waals surface area contributed by atoms with Gasteiger partial charge in [0.25, 0.3) is 5.91 Å². The van der Waals surface area contributed by atoms with E-state index in [0.29, 0.717) is 17.7 Å². The summed E-state index contributed by atoms with van der Waals surface area (Å²) in [5, 5.41) is 2.74. The SMILES string of the molecule is Cc1ccc(S(=O)(=O)NCc2ccccc2)cc1C(=O)N[C@@H](C)CN.Cl. The highest BCUT2D eigenvalue weighted by Crippen LogP contribution is 2.16. The lowest BCUT2D eigenvalue weighted by Crippen LogP contribution is -2.38. The molecular formula is C18H24ClN3O3S. The van der Waals surface area contributed by atoms with Gasteiger partial charge >= 0.3 is 0 Å². The van der Waals surface area contributed by atoms with Crippen LogP contribution in [0.4, 0.5) is 0 Å². The Labute approximate surface area is 160 Å². The van der Waals surface area contributed by atoms with Crippen LogP contribution in [0.3, 0.4) is 0 Å². The highest BCUT2D eigenvalue weighted by atomic mass is 35.5. The maximum absolute atomic E-state index is 12.5. The molecule has 0 aliphatic heterocycles. The van der Waals surface area contributed by atoms with E-state index in [1.807, 2.05) is 30.3 Å². The Morgan fingerprint density at radius 1 is 1.15 bits per heavy atom. The van der Waals surface area contributed by atoms with Crippen LogP contribution in [0, 0.1) is 6.92 Å². The molecule has 8 heteroatoms. The normalized spacial score (nSPS) is 12.1. The smallest absolute Gasteiger partial charge is 0.251 e. The summed E-state index contributed by atoms with van der Waals surface area (Å²) in [6.07, 6.45) is 0. The number of nitrogens with one attached hydrogen (secondary N) is 2. The Kier molecular flexibility index (Phi) is 8.23. The number of sulfonamides is 1. The van der Waals surface area contributed by atoms with E-state index in [9.17, 15) is 13.2 Å². The Bertz CT molecular complexity index is 842. The standard InChI is InChI=1S/C18H23N3O3S.ClH/c1-13-8-9-16(10-17(13)18(22)21-14(2)11-19)25(23,24)20-12-15-6-4-3-5-7-15;/h3-10,14,20H,11-12,19H2,1-2H3,(H,21,22);1H/t14-;/m0./s1. The first kappa shape index (κ1) is 22.1. The first-order chi connectivity index (χ1) is 11.8. The number of benzene rings is 2. The second-order valence-corrected chi connectivity index (χ2v) is 7.66. The average molecular weight is 398 g/mol. The van der Waals surface area contributed by atoms with E-state index >= 15 is 0 Å². The van der Waals surface area contributed by atoms with Gasteiger partial charge in [0.1, 0.15) is 0 Å². The third-order valence-electron chi connectivity index (χ3n) is 3.80. The number of rotatable bonds is 7. The molecule has 0 aliphatic rings. The molecule has 0 spiro atoms. The molecule has 1 amide bonds. The zero-order chi connectivity index (χ0) is 18.4. The molecule has 26 heavy (non-hydrogen) atoms. The van der Waals surface area contributed by atoms with Gasteiger partial charge in [-0.1, -0.05) is 36.4 Å². The molecule has 4 N–H and O–H groups in total. The molecular weight excluding hydrogens is 374 g/mol. The van der Waals surface area contributed by atoms with Crippen LogP contribution in [0.1, 0.15) is 28.4 Å². The highest BCUT2D eigenvalue weighted by molar-refractivity contribution is 7.89. The molecule has 6 nitrogen and oxygen atoms in total. The van der Waals surface area contributed by atoms with Gasteiger partial charge in [-0.05, 0) is 37.1 Å². The molecule has 0 unspecified atom stereocenters. The van der Waals surface area contributed by atoms with Crippen LogP contribution in [-0.2, 0) is 16.6 Å². The molecule has 1 atom stereocenters. The van der Waals surface area contributed by atoms with E-state index in [2.05, 4.69) is 10.0 Å². The predicted octanol–water partition coefficient (Wildman–Crippen LogP) is 1.97. The fourth-order valence-electron chi connectivity index (χ4n) is 2.23. The Morgan fingerprint density at radius 3 is 2.42 bits per heavy atom. The molecule has 0 saturated carbocycles. The van der Waals surface area contributed by atoms with Crippen molar-refractivity contribution in [3.8, 4) is 0 Å². The molecule has 0 heterocycles. The van der Waals surface area contributed by atoms with Gasteiger partial charge in [-0.15, -0.1) is 12.4 Å². The monoisotopic (exact) mass is 397 g/mol. The predicted molar refractivity (Wildman–Crippen MR) is 105 cm³/mol. The fourth-order valence-corrected chi connectivity index (χ4v) is 3.27. The molecule has 0 aliphatic carbocycles. The van der Waals surface area contributed by atoms with E-state index < -0.39 is 10.0 Å². The largest absolute Gasteiger partial charge is 0.348 e. The number of hydrogen-bond donors (Lipinski definition) is 3. The van der Waals surface area contributed by atoms with E-state index in [4.69, 9.17) is 5.73 Å². The number of amides is 1. The van der Waals surface area contributed by atoms with Crippen molar-refractivity contribution in [2.45, 2.75) is 31.3 Å². The first-order valence-electron chi connectivity index (χ1n) is 7.98. The summed E-state index contributed by atoms with van der Waals surface area (Å²) in [4.78, 5) is 12.4. The minimum Gasteiger partial charge on any atom is -0.348 e. The van der Waals surface area contributed by atoms with Crippen molar-refractivity contribution in [1.29, 1.82) is 0 Å². The second-order valence-electron chi connectivity index (χ2n) is 5.90. The highest BCUT2D eigenvalue weighted by Gasteiger charge is 2.18. The van der Waals surface area contributed by atoms with Crippen molar-refractivity contribution in [3.05, 3.63) is 65.2 Å². The van der Waals surface area contributed by atoms with Crippen LogP contribution in [0.2, 0.25) is 0 Å². The molecule has 142 valence electrons. The number of carbonyl (C=O) groups is 1. The maximum Gasteiger partial charge on any atom is 0.251 e. The molecule has 0 saturated heterocycles. The van der Waals surface area contributed by atoms with Crippen LogP contribution >= 0.6 is 12.4 Å². The molecule has 2 rings (SSSR count). The van der Waals surface area contributed by atoms with Crippen molar-refractivity contribution in [1.82, 2.24) is 10.0 Å².